The van der Waals surface area contributed by atoms with Crippen LogP contribution in [0, 0.1) is 5.82 Å². The molecular weight excluding hydrogens is 277 g/mol. The van der Waals surface area contributed by atoms with Crippen LogP contribution in [0.4, 0.5) is 21.5 Å². The van der Waals surface area contributed by atoms with Gasteiger partial charge in [0.15, 0.2) is 0 Å². The standard InChI is InChI=1S/C15H11ClFN3/c16-11-8-9(3-4-12(11)17)20-14-6-5-13(18)10-2-1-7-19-15(10)14/h1-8,20H,18H2. The maximum atomic E-state index is 13.2. The average Bonchev–Trinajstić information content (AvgIpc) is 2.46. The number of anilines is 3. The molecule has 3 nitrogen and oxygen atoms in total. The molecule has 0 bridgehead atoms. The Balaban J connectivity index is 2.06. The molecule has 0 amide bonds. The van der Waals surface area contributed by atoms with E-state index < -0.39 is 5.82 Å². The molecule has 0 saturated heterocycles. The summed E-state index contributed by atoms with van der Waals surface area (Å²) < 4.78 is 13.2. The fourth-order valence-electron chi connectivity index (χ4n) is 2.02. The van der Waals surface area contributed by atoms with Crippen molar-refractivity contribution >= 4 is 39.6 Å². The van der Waals surface area contributed by atoms with Crippen LogP contribution in [0.1, 0.15) is 0 Å². The molecule has 100 valence electrons. The third kappa shape index (κ3) is 2.26. The largest absolute Gasteiger partial charge is 0.398 e. The van der Waals surface area contributed by atoms with Gasteiger partial charge >= 0.3 is 0 Å². The van der Waals surface area contributed by atoms with Gasteiger partial charge in [-0.15, -0.1) is 0 Å². The van der Waals surface area contributed by atoms with Crippen molar-refractivity contribution in [3.8, 4) is 0 Å². The number of halogens is 2. The SMILES string of the molecule is Nc1ccc(Nc2ccc(F)c(Cl)c2)c2ncccc12. The van der Waals surface area contributed by atoms with E-state index in [9.17, 15) is 4.39 Å². The number of nitrogens with zero attached hydrogens (tertiary/aromatic N) is 1. The Morgan fingerprint density at radius 2 is 2.00 bits per heavy atom. The summed E-state index contributed by atoms with van der Waals surface area (Å²) in [6, 6.07) is 11.8. The highest BCUT2D eigenvalue weighted by Gasteiger charge is 2.06. The van der Waals surface area contributed by atoms with Crippen LogP contribution in [0.5, 0.6) is 0 Å². The van der Waals surface area contributed by atoms with Gasteiger partial charge in [0.25, 0.3) is 0 Å². The highest BCUT2D eigenvalue weighted by atomic mass is 35.5. The number of nitrogens with two attached hydrogens (primary N) is 1. The zero-order chi connectivity index (χ0) is 14.1. The number of hydrogen-bond acceptors (Lipinski definition) is 3. The van der Waals surface area contributed by atoms with Crippen LogP contribution in [-0.2, 0) is 0 Å². The van der Waals surface area contributed by atoms with Gasteiger partial charge in [-0.2, -0.15) is 0 Å². The number of rotatable bonds is 2. The van der Waals surface area contributed by atoms with Gasteiger partial charge in [0.05, 0.1) is 16.2 Å². The molecule has 3 aromatic rings. The summed E-state index contributed by atoms with van der Waals surface area (Å²) in [5.41, 5.74) is 8.82. The van der Waals surface area contributed by atoms with Gasteiger partial charge in [0.1, 0.15) is 5.82 Å². The van der Waals surface area contributed by atoms with Crippen molar-refractivity contribution < 1.29 is 4.39 Å². The van der Waals surface area contributed by atoms with E-state index in [1.807, 2.05) is 18.2 Å². The molecule has 0 spiro atoms. The summed E-state index contributed by atoms with van der Waals surface area (Å²) in [6.07, 6.45) is 1.70. The first-order valence-electron chi connectivity index (χ1n) is 6.00. The lowest BCUT2D eigenvalue weighted by molar-refractivity contribution is 0.628. The van der Waals surface area contributed by atoms with Crippen molar-refractivity contribution in [2.24, 2.45) is 0 Å². The van der Waals surface area contributed by atoms with Crippen molar-refractivity contribution in [2.75, 3.05) is 11.1 Å². The lowest BCUT2D eigenvalue weighted by atomic mass is 10.1. The van der Waals surface area contributed by atoms with Crippen LogP contribution >= 0.6 is 11.6 Å². The van der Waals surface area contributed by atoms with Gasteiger partial charge in [0.2, 0.25) is 0 Å². The zero-order valence-corrected chi connectivity index (χ0v) is 11.2. The van der Waals surface area contributed by atoms with Crippen LogP contribution in [0.2, 0.25) is 5.02 Å². The van der Waals surface area contributed by atoms with Gasteiger partial charge in [-0.25, -0.2) is 4.39 Å². The molecule has 1 heterocycles. The Hall–Kier alpha value is -2.33. The fourth-order valence-corrected chi connectivity index (χ4v) is 2.21. The molecule has 0 fully saturated rings. The molecule has 0 radical (unpaired) electrons. The van der Waals surface area contributed by atoms with Crippen molar-refractivity contribution in [1.82, 2.24) is 4.98 Å². The molecule has 0 aliphatic heterocycles. The smallest absolute Gasteiger partial charge is 0.141 e. The van der Waals surface area contributed by atoms with E-state index in [-0.39, 0.29) is 5.02 Å². The summed E-state index contributed by atoms with van der Waals surface area (Å²) >= 11 is 5.77. The molecule has 0 aliphatic rings. The minimum absolute atomic E-state index is 0.0720. The van der Waals surface area contributed by atoms with E-state index in [1.165, 1.54) is 12.1 Å². The number of nitrogen functional groups attached to an aromatic ring is 1. The molecule has 20 heavy (non-hydrogen) atoms. The molecule has 0 aliphatic carbocycles. The molecule has 0 saturated carbocycles. The van der Waals surface area contributed by atoms with E-state index in [2.05, 4.69) is 10.3 Å². The van der Waals surface area contributed by atoms with Crippen LogP contribution in [0.3, 0.4) is 0 Å². The maximum Gasteiger partial charge on any atom is 0.141 e. The summed E-state index contributed by atoms with van der Waals surface area (Å²) in [5, 5.41) is 4.11. The molecule has 0 atom stereocenters. The second kappa shape index (κ2) is 4.98. The highest BCUT2D eigenvalue weighted by molar-refractivity contribution is 6.31. The Morgan fingerprint density at radius 1 is 1.15 bits per heavy atom. The minimum Gasteiger partial charge on any atom is -0.398 e. The van der Waals surface area contributed by atoms with Crippen LogP contribution in [0.15, 0.2) is 48.7 Å². The van der Waals surface area contributed by atoms with Gasteiger partial charge in [-0.3, -0.25) is 4.98 Å². The summed E-state index contributed by atoms with van der Waals surface area (Å²) in [7, 11) is 0. The van der Waals surface area contributed by atoms with E-state index in [0.717, 1.165) is 16.6 Å². The summed E-state index contributed by atoms with van der Waals surface area (Å²) in [4.78, 5) is 4.33. The third-order valence-electron chi connectivity index (χ3n) is 3.00. The maximum absolute atomic E-state index is 13.2. The Morgan fingerprint density at radius 3 is 2.80 bits per heavy atom. The first-order valence-corrected chi connectivity index (χ1v) is 6.38. The predicted molar refractivity (Wildman–Crippen MR) is 80.8 cm³/mol. The van der Waals surface area contributed by atoms with Crippen LogP contribution < -0.4 is 11.1 Å². The van der Waals surface area contributed by atoms with Gasteiger partial charge < -0.3 is 11.1 Å². The van der Waals surface area contributed by atoms with Crippen molar-refractivity contribution in [3.05, 3.63) is 59.5 Å². The zero-order valence-electron chi connectivity index (χ0n) is 10.4. The van der Waals surface area contributed by atoms with E-state index in [1.54, 1.807) is 18.3 Å². The van der Waals surface area contributed by atoms with Gasteiger partial charge in [-0.1, -0.05) is 11.6 Å². The second-order valence-electron chi connectivity index (χ2n) is 4.36. The normalized spacial score (nSPS) is 10.7. The lowest BCUT2D eigenvalue weighted by Gasteiger charge is -2.11. The number of hydrogen-bond donors (Lipinski definition) is 2. The average molecular weight is 288 g/mol. The van der Waals surface area contributed by atoms with Crippen molar-refractivity contribution in [3.63, 3.8) is 0 Å². The van der Waals surface area contributed by atoms with E-state index in [0.29, 0.717) is 11.4 Å². The first-order chi connectivity index (χ1) is 9.65. The molecule has 1 aromatic heterocycles. The topological polar surface area (TPSA) is 50.9 Å². The van der Waals surface area contributed by atoms with Crippen molar-refractivity contribution in [1.29, 1.82) is 0 Å². The minimum atomic E-state index is -0.447. The Bertz CT molecular complexity index is 789. The van der Waals surface area contributed by atoms with Crippen LogP contribution in [-0.4, -0.2) is 4.98 Å². The predicted octanol–water partition coefficient (Wildman–Crippen LogP) is 4.35. The molecule has 3 rings (SSSR count). The molecule has 0 unspecified atom stereocenters. The third-order valence-corrected chi connectivity index (χ3v) is 3.29. The Labute approximate surface area is 120 Å². The van der Waals surface area contributed by atoms with Crippen molar-refractivity contribution in [2.45, 2.75) is 0 Å². The fraction of sp³-hybridized carbons (Fsp3) is 0. The number of nitrogens with one attached hydrogen (secondary N) is 1. The van der Waals surface area contributed by atoms with E-state index >= 15 is 0 Å². The van der Waals surface area contributed by atoms with Gasteiger partial charge in [-0.05, 0) is 42.5 Å². The van der Waals surface area contributed by atoms with Crippen LogP contribution in [0.25, 0.3) is 10.9 Å². The molecule has 2 aromatic carbocycles. The number of benzene rings is 2. The number of aromatic nitrogens is 1. The lowest BCUT2D eigenvalue weighted by Crippen LogP contribution is -1.96. The number of fused-ring (bicyclic) bond motifs is 1. The second-order valence-corrected chi connectivity index (χ2v) is 4.76. The van der Waals surface area contributed by atoms with Gasteiger partial charge in [0, 0.05) is 23.0 Å². The van der Waals surface area contributed by atoms with E-state index in [4.69, 9.17) is 17.3 Å². The highest BCUT2D eigenvalue weighted by Crippen LogP contribution is 2.29. The quantitative estimate of drug-likeness (QED) is 0.689. The molecule has 3 N–H and O–H groups in total. The number of pyridine rings is 1. The first kappa shape index (κ1) is 12.7. The molecule has 5 heteroatoms. The molecular formula is C15H11ClFN3. The Kier molecular flexibility index (Phi) is 3.16. The summed E-state index contributed by atoms with van der Waals surface area (Å²) in [6.45, 7) is 0. The monoisotopic (exact) mass is 287 g/mol. The summed E-state index contributed by atoms with van der Waals surface area (Å²) in [5.74, 6) is -0.447.